The van der Waals surface area contributed by atoms with Gasteiger partial charge in [0.1, 0.15) is 11.5 Å². The molecule has 8 rings (SSSR count). The van der Waals surface area contributed by atoms with Crippen molar-refractivity contribution in [2.45, 2.75) is 11.0 Å². The molecule has 0 bridgehead atoms. The van der Waals surface area contributed by atoms with Gasteiger partial charge in [-0.3, -0.25) is 0 Å². The fraction of sp³-hybridized carbons (Fsp3) is 0.0476. The molecule has 0 saturated carbocycles. The van der Waals surface area contributed by atoms with Gasteiger partial charge in [-0.25, -0.2) is 0 Å². The summed E-state index contributed by atoms with van der Waals surface area (Å²) in [6.07, 6.45) is 0. The molecule has 8 aromatic carbocycles. The zero-order valence-corrected chi connectivity index (χ0v) is 38.5. The van der Waals surface area contributed by atoms with Crippen LogP contribution in [0.4, 0.5) is 26.3 Å². The van der Waals surface area contributed by atoms with E-state index in [0.717, 1.165) is 21.5 Å². The Bertz CT molecular complexity index is 3120. The Morgan fingerprint density at radius 3 is 0.919 bits per heavy atom. The van der Waals surface area contributed by atoms with Gasteiger partial charge in [0.05, 0.1) is 17.9 Å². The zero-order chi connectivity index (χ0) is 45.1. The number of aromatic hydroxyl groups is 2. The molecule has 0 unspecified atom stereocenters. The van der Waals surface area contributed by atoms with Gasteiger partial charge < -0.3 is 18.6 Å². The molecule has 20 heteroatoms. The highest BCUT2D eigenvalue weighted by Gasteiger charge is 2.51. The molecule has 0 spiro atoms. The number of phenolic OH excluding ortho intramolecular Hbond substituents is 2. The number of benzene rings is 8. The van der Waals surface area contributed by atoms with E-state index in [1.165, 1.54) is 60.7 Å². The van der Waals surface area contributed by atoms with Crippen LogP contribution in [0, 0.1) is 0 Å². The van der Waals surface area contributed by atoms with Crippen molar-refractivity contribution in [2.75, 3.05) is 0 Å². The number of alkyl halides is 6. The lowest BCUT2D eigenvalue weighted by atomic mass is 9.92. The zero-order valence-electron chi connectivity index (χ0n) is 30.5. The van der Waals surface area contributed by atoms with Crippen molar-refractivity contribution in [3.63, 3.8) is 0 Å². The molecule has 62 heavy (non-hydrogen) atoms. The first-order valence-corrected chi connectivity index (χ1v) is 23.3. The molecule has 0 saturated heterocycles. The second-order valence-electron chi connectivity index (χ2n) is 13.1. The molecule has 0 aliphatic carbocycles. The first-order chi connectivity index (χ1) is 29.0. The minimum absolute atomic E-state index is 0.0144. The molecule has 0 amide bonds. The van der Waals surface area contributed by atoms with Gasteiger partial charge in [0.2, 0.25) is 0 Å². The van der Waals surface area contributed by atoms with Gasteiger partial charge in [-0.2, -0.15) is 43.2 Å². The van der Waals surface area contributed by atoms with Gasteiger partial charge in [-0.15, -0.1) is 0 Å². The van der Waals surface area contributed by atoms with Crippen LogP contribution in [-0.2, 0) is 20.2 Å². The average molecular weight is 1150 g/mol. The highest BCUT2D eigenvalue weighted by molar-refractivity contribution is 9.11. The summed E-state index contributed by atoms with van der Waals surface area (Å²) >= 11 is 12.8. The van der Waals surface area contributed by atoms with E-state index in [1.807, 2.05) is 60.7 Å². The molecule has 0 aromatic heterocycles. The van der Waals surface area contributed by atoms with Crippen molar-refractivity contribution in [2.24, 2.45) is 0 Å². The highest BCUT2D eigenvalue weighted by atomic mass is 79.9. The van der Waals surface area contributed by atoms with Crippen molar-refractivity contribution in [3.05, 3.63) is 139 Å². The van der Waals surface area contributed by atoms with Crippen molar-refractivity contribution < 1.29 is 61.8 Å². The van der Waals surface area contributed by atoms with E-state index < -0.39 is 53.9 Å². The minimum Gasteiger partial charge on any atom is -0.506 e. The Kier molecular flexibility index (Phi) is 12.3. The van der Waals surface area contributed by atoms with Gasteiger partial charge in [-0.05, 0) is 131 Å². The normalized spacial score (nSPS) is 12.4. The Morgan fingerprint density at radius 2 is 0.645 bits per heavy atom. The Labute approximate surface area is 381 Å². The summed E-state index contributed by atoms with van der Waals surface area (Å²) in [6, 6.07) is 33.4. The molecule has 0 heterocycles. The summed E-state index contributed by atoms with van der Waals surface area (Å²) < 4.78 is 137. The van der Waals surface area contributed by atoms with E-state index in [2.05, 4.69) is 72.1 Å². The lowest BCUT2D eigenvalue weighted by Gasteiger charge is -2.21. The SMILES string of the molecule is O=S(=O)(Oc1c(Br)cc2ccccc2c1-c1c(OS(=O)(=O)C(F)(F)F)c(Br)cc2ccccc12)C(F)(F)F.Oc1c(Br)cc2ccccc2c1-c1c(O)c(Br)cc2ccccc12. The van der Waals surface area contributed by atoms with Crippen molar-refractivity contribution in [1.29, 1.82) is 0 Å². The third-order valence-electron chi connectivity index (χ3n) is 9.32. The number of hydrogen-bond acceptors (Lipinski definition) is 8. The van der Waals surface area contributed by atoms with Gasteiger partial charge >= 0.3 is 31.3 Å². The standard InChI is InChI=1S/C22H10Br2F6O6S2.C20H12Br2O2/c23-15-9-11-5-1-3-7-13(11)17(19(15)35-37(31,32)21(25,26)27)18-14-8-4-2-6-12(14)10-16(24)20(18)36-38(33,34)22(28,29)30;21-15-9-11-5-1-3-7-13(11)17(19(15)23)18-14-8-4-2-6-12(14)10-16(22)20(18)24/h1-10H;1-10,23-24H. The van der Waals surface area contributed by atoms with Crippen LogP contribution in [0.5, 0.6) is 23.0 Å². The number of phenols is 2. The maximum atomic E-state index is 13.3. The van der Waals surface area contributed by atoms with E-state index in [4.69, 9.17) is 0 Å². The average Bonchev–Trinajstić information content (AvgIpc) is 3.19. The second kappa shape index (κ2) is 16.8. The van der Waals surface area contributed by atoms with Crippen molar-refractivity contribution >= 4 is 127 Å². The summed E-state index contributed by atoms with van der Waals surface area (Å²) in [4.78, 5) is 0. The number of fused-ring (bicyclic) bond motifs is 4. The molecule has 0 fully saturated rings. The fourth-order valence-electron chi connectivity index (χ4n) is 6.67. The molecule has 0 atom stereocenters. The largest absolute Gasteiger partial charge is 0.534 e. The quantitative estimate of drug-likeness (QED) is 0.0957. The summed E-state index contributed by atoms with van der Waals surface area (Å²) in [5, 5.41) is 25.9. The van der Waals surface area contributed by atoms with Crippen molar-refractivity contribution in [3.8, 4) is 45.3 Å². The van der Waals surface area contributed by atoms with Crippen LogP contribution in [0.1, 0.15) is 0 Å². The van der Waals surface area contributed by atoms with Crippen LogP contribution in [0.2, 0.25) is 0 Å². The summed E-state index contributed by atoms with van der Waals surface area (Å²) in [6.45, 7) is 0. The molecule has 8 aromatic rings. The third kappa shape index (κ3) is 8.44. The van der Waals surface area contributed by atoms with Crippen LogP contribution < -0.4 is 8.37 Å². The predicted molar refractivity (Wildman–Crippen MR) is 239 cm³/mol. The number of hydrogen-bond donors (Lipinski definition) is 2. The maximum Gasteiger partial charge on any atom is 0.534 e. The Balaban J connectivity index is 0.000000206. The number of halogens is 10. The molecular weight excluding hydrogens is 1130 g/mol. The molecule has 0 aliphatic heterocycles. The first-order valence-electron chi connectivity index (χ1n) is 17.3. The molecule has 0 radical (unpaired) electrons. The lowest BCUT2D eigenvalue weighted by Crippen LogP contribution is -2.29. The smallest absolute Gasteiger partial charge is 0.506 e. The van der Waals surface area contributed by atoms with Gasteiger partial charge in [0.15, 0.2) is 11.5 Å². The maximum absolute atomic E-state index is 13.3. The van der Waals surface area contributed by atoms with Crippen LogP contribution in [-0.4, -0.2) is 38.1 Å². The van der Waals surface area contributed by atoms with E-state index >= 15 is 0 Å². The molecular formula is C42H22Br4F6O8S2. The predicted octanol–water partition coefficient (Wildman–Crippen LogP) is 14.2. The Hall–Kier alpha value is -4.60. The van der Waals surface area contributed by atoms with E-state index in [0.29, 0.717) is 30.8 Å². The van der Waals surface area contributed by atoms with E-state index in [1.54, 1.807) is 0 Å². The molecule has 0 aliphatic rings. The minimum atomic E-state index is -6.29. The summed E-state index contributed by atoms with van der Waals surface area (Å²) in [5.74, 6) is -1.68. The van der Waals surface area contributed by atoms with Gasteiger partial charge in [-0.1, -0.05) is 97.1 Å². The van der Waals surface area contributed by atoms with E-state index in [-0.39, 0.29) is 31.2 Å². The van der Waals surface area contributed by atoms with Crippen LogP contribution in [0.25, 0.3) is 65.3 Å². The topological polar surface area (TPSA) is 127 Å². The first kappa shape index (κ1) is 45.4. The van der Waals surface area contributed by atoms with Crippen LogP contribution >= 0.6 is 63.7 Å². The number of rotatable bonds is 6. The molecule has 2 N–H and O–H groups in total. The summed E-state index contributed by atoms with van der Waals surface area (Å²) in [5.41, 5.74) is -11.5. The Morgan fingerprint density at radius 1 is 0.403 bits per heavy atom. The van der Waals surface area contributed by atoms with Gasteiger partial charge in [0.25, 0.3) is 0 Å². The van der Waals surface area contributed by atoms with E-state index in [9.17, 15) is 53.4 Å². The van der Waals surface area contributed by atoms with Gasteiger partial charge in [0, 0.05) is 22.3 Å². The van der Waals surface area contributed by atoms with Crippen LogP contribution in [0.15, 0.2) is 139 Å². The highest BCUT2D eigenvalue weighted by Crippen LogP contribution is 2.53. The summed E-state index contributed by atoms with van der Waals surface area (Å²) in [7, 11) is -12.6. The fourth-order valence-corrected chi connectivity index (χ4v) is 9.80. The third-order valence-corrected chi connectivity index (χ3v) is 13.6. The molecule has 8 nitrogen and oxygen atoms in total. The van der Waals surface area contributed by atoms with Crippen LogP contribution in [0.3, 0.4) is 0 Å². The lowest BCUT2D eigenvalue weighted by molar-refractivity contribution is -0.0505. The molecule has 320 valence electrons. The second-order valence-corrected chi connectivity index (χ2v) is 19.6. The van der Waals surface area contributed by atoms with Crippen molar-refractivity contribution in [1.82, 2.24) is 0 Å². The monoisotopic (exact) mass is 1150 g/mol.